The Kier molecular flexibility index (Phi) is 5.59. The summed E-state index contributed by atoms with van der Waals surface area (Å²) in [5, 5.41) is 16.6. The number of rotatable bonds is 7. The minimum atomic E-state index is -0.461. The van der Waals surface area contributed by atoms with E-state index in [1.807, 2.05) is 0 Å². The van der Waals surface area contributed by atoms with Gasteiger partial charge in [0, 0.05) is 37.1 Å². The second-order valence-corrected chi connectivity index (χ2v) is 3.76. The quantitative estimate of drug-likeness (QED) is 0.446. The average molecular weight is 267 g/mol. The smallest absolute Gasteiger partial charge is 0.307 e. The van der Waals surface area contributed by atoms with Gasteiger partial charge in [0.15, 0.2) is 0 Å². The maximum Gasteiger partial charge on any atom is 0.307 e. The van der Waals surface area contributed by atoms with Gasteiger partial charge < -0.3 is 15.4 Å². The van der Waals surface area contributed by atoms with E-state index >= 15 is 0 Å². The number of benzene rings is 1. The third-order valence-corrected chi connectivity index (χ3v) is 2.38. The first-order valence-corrected chi connectivity index (χ1v) is 5.93. The number of nitro benzene ring substituents is 1. The molecule has 0 amide bonds. The van der Waals surface area contributed by atoms with Gasteiger partial charge in [-0.25, -0.2) is 0 Å². The summed E-state index contributed by atoms with van der Waals surface area (Å²) in [6.07, 6.45) is 0.214. The van der Waals surface area contributed by atoms with Crippen molar-refractivity contribution in [2.24, 2.45) is 0 Å². The van der Waals surface area contributed by atoms with Crippen LogP contribution in [-0.2, 0) is 9.53 Å². The van der Waals surface area contributed by atoms with E-state index in [4.69, 9.17) is 4.74 Å². The van der Waals surface area contributed by atoms with Gasteiger partial charge in [0.1, 0.15) is 0 Å². The molecule has 0 heterocycles. The Morgan fingerprint density at radius 2 is 2.05 bits per heavy atom. The lowest BCUT2D eigenvalue weighted by molar-refractivity contribution is -0.384. The molecule has 7 nitrogen and oxygen atoms in total. The van der Waals surface area contributed by atoms with Gasteiger partial charge in [0.2, 0.25) is 0 Å². The number of hydrogen-bond donors (Lipinski definition) is 2. The van der Waals surface area contributed by atoms with E-state index in [1.54, 1.807) is 20.0 Å². The molecular weight excluding hydrogens is 250 g/mol. The van der Waals surface area contributed by atoms with Gasteiger partial charge in [0.05, 0.1) is 18.0 Å². The lowest BCUT2D eigenvalue weighted by atomic mass is 10.2. The van der Waals surface area contributed by atoms with Crippen LogP contribution in [-0.4, -0.2) is 31.1 Å². The first kappa shape index (κ1) is 14.7. The molecular formula is C12H17N3O4. The summed E-state index contributed by atoms with van der Waals surface area (Å²) in [5.41, 5.74) is 1.21. The zero-order valence-electron chi connectivity index (χ0n) is 10.9. The van der Waals surface area contributed by atoms with Gasteiger partial charge in [-0.15, -0.1) is 0 Å². The van der Waals surface area contributed by atoms with Crippen molar-refractivity contribution in [3.63, 3.8) is 0 Å². The molecule has 0 saturated heterocycles. The second-order valence-electron chi connectivity index (χ2n) is 3.76. The molecule has 0 atom stereocenters. The Morgan fingerprint density at radius 3 is 2.63 bits per heavy atom. The van der Waals surface area contributed by atoms with Gasteiger partial charge in [0.25, 0.3) is 5.69 Å². The molecule has 2 N–H and O–H groups in total. The van der Waals surface area contributed by atoms with Gasteiger partial charge >= 0.3 is 5.97 Å². The second kappa shape index (κ2) is 7.20. The van der Waals surface area contributed by atoms with Gasteiger partial charge in [-0.1, -0.05) is 0 Å². The molecule has 19 heavy (non-hydrogen) atoms. The highest BCUT2D eigenvalue weighted by atomic mass is 16.6. The summed E-state index contributed by atoms with van der Waals surface area (Å²) in [6, 6.07) is 4.60. The summed E-state index contributed by atoms with van der Waals surface area (Å²) in [4.78, 5) is 21.5. The molecule has 7 heteroatoms. The molecule has 0 bridgehead atoms. The largest absolute Gasteiger partial charge is 0.466 e. The minimum absolute atomic E-state index is 0.00881. The molecule has 0 radical (unpaired) electrons. The molecule has 1 aromatic carbocycles. The van der Waals surface area contributed by atoms with Crippen molar-refractivity contribution in [1.29, 1.82) is 0 Å². The van der Waals surface area contributed by atoms with Crippen LogP contribution in [0.2, 0.25) is 0 Å². The van der Waals surface area contributed by atoms with E-state index in [1.165, 1.54) is 12.1 Å². The maximum atomic E-state index is 11.1. The van der Waals surface area contributed by atoms with Crippen LogP contribution < -0.4 is 10.6 Å². The Hall–Kier alpha value is -2.31. The maximum absolute atomic E-state index is 11.1. The fourth-order valence-electron chi connectivity index (χ4n) is 1.51. The van der Waals surface area contributed by atoms with Crippen LogP contribution in [0, 0.1) is 10.1 Å². The number of nitro groups is 1. The van der Waals surface area contributed by atoms with Crippen molar-refractivity contribution in [1.82, 2.24) is 0 Å². The Morgan fingerprint density at radius 1 is 1.37 bits per heavy atom. The topological polar surface area (TPSA) is 93.5 Å². The monoisotopic (exact) mass is 267 g/mol. The number of nitrogens with one attached hydrogen (secondary N) is 2. The summed E-state index contributed by atoms with van der Waals surface area (Å²) in [5.74, 6) is -0.297. The van der Waals surface area contributed by atoms with Crippen LogP contribution in [0.4, 0.5) is 17.1 Å². The van der Waals surface area contributed by atoms with Crippen LogP contribution in [0.3, 0.4) is 0 Å². The first-order valence-electron chi connectivity index (χ1n) is 5.93. The number of carbonyl (C=O) groups excluding carboxylic acids is 1. The van der Waals surface area contributed by atoms with Crippen LogP contribution >= 0.6 is 0 Å². The Labute approximate surface area is 111 Å². The number of hydrogen-bond acceptors (Lipinski definition) is 6. The molecule has 1 aromatic rings. The van der Waals surface area contributed by atoms with Crippen LogP contribution in [0.1, 0.15) is 13.3 Å². The van der Waals surface area contributed by atoms with Crippen molar-refractivity contribution in [2.45, 2.75) is 13.3 Å². The molecule has 0 unspecified atom stereocenters. The van der Waals surface area contributed by atoms with Crippen molar-refractivity contribution in [3.05, 3.63) is 28.3 Å². The third-order valence-electron chi connectivity index (χ3n) is 2.38. The summed E-state index contributed by atoms with van der Waals surface area (Å²) >= 11 is 0. The third kappa shape index (κ3) is 4.82. The molecule has 0 saturated carbocycles. The van der Waals surface area contributed by atoms with E-state index in [0.717, 1.165) is 0 Å². The zero-order valence-corrected chi connectivity index (χ0v) is 10.9. The van der Waals surface area contributed by atoms with E-state index in [2.05, 4.69) is 10.6 Å². The molecule has 0 spiro atoms. The normalized spacial score (nSPS) is 9.79. The van der Waals surface area contributed by atoms with Crippen molar-refractivity contribution >= 4 is 23.0 Å². The lowest BCUT2D eigenvalue weighted by Crippen LogP contribution is -2.11. The number of anilines is 2. The minimum Gasteiger partial charge on any atom is -0.466 e. The van der Waals surface area contributed by atoms with Gasteiger partial charge in [-0.3, -0.25) is 14.9 Å². The van der Waals surface area contributed by atoms with Gasteiger partial charge in [-0.2, -0.15) is 0 Å². The predicted octanol–water partition coefficient (Wildman–Crippen LogP) is 2.00. The number of carbonyl (C=O) groups is 1. The number of nitrogens with zero attached hydrogens (tertiary/aromatic N) is 1. The Bertz CT molecular complexity index is 462. The summed E-state index contributed by atoms with van der Waals surface area (Å²) < 4.78 is 4.79. The van der Waals surface area contributed by atoms with E-state index < -0.39 is 4.92 Å². The molecule has 0 fully saturated rings. The van der Waals surface area contributed by atoms with Gasteiger partial charge in [-0.05, 0) is 13.0 Å². The van der Waals surface area contributed by atoms with Crippen LogP contribution in [0.15, 0.2) is 18.2 Å². The first-order chi connectivity index (χ1) is 9.06. The highest BCUT2D eigenvalue weighted by Crippen LogP contribution is 2.23. The molecule has 0 aliphatic heterocycles. The predicted molar refractivity (Wildman–Crippen MR) is 72.4 cm³/mol. The van der Waals surface area contributed by atoms with Crippen LogP contribution in [0.25, 0.3) is 0 Å². The highest BCUT2D eigenvalue weighted by Gasteiger charge is 2.09. The van der Waals surface area contributed by atoms with Crippen molar-refractivity contribution in [2.75, 3.05) is 30.8 Å². The summed E-state index contributed by atoms with van der Waals surface area (Å²) in [6.45, 7) is 2.45. The van der Waals surface area contributed by atoms with Crippen molar-refractivity contribution in [3.8, 4) is 0 Å². The fourth-order valence-corrected chi connectivity index (χ4v) is 1.51. The zero-order chi connectivity index (χ0) is 14.3. The molecule has 0 aliphatic carbocycles. The van der Waals surface area contributed by atoms with E-state index in [9.17, 15) is 14.9 Å². The molecule has 0 aliphatic rings. The SMILES string of the molecule is CCOC(=O)CCNc1cc(NC)cc([N+](=O)[O-])c1. The lowest BCUT2D eigenvalue weighted by Gasteiger charge is -2.08. The van der Waals surface area contributed by atoms with Crippen LogP contribution in [0.5, 0.6) is 0 Å². The standard InChI is InChI=1S/C12H17N3O4/c1-3-19-12(16)4-5-14-10-6-9(13-2)7-11(8-10)15(17)18/h6-8,13-14H,3-5H2,1-2H3. The fraction of sp³-hybridized carbons (Fsp3) is 0.417. The Balaban J connectivity index is 2.64. The number of non-ortho nitro benzene ring substituents is 1. The molecule has 104 valence electrons. The number of esters is 1. The highest BCUT2D eigenvalue weighted by molar-refractivity contribution is 5.70. The van der Waals surface area contributed by atoms with Crippen molar-refractivity contribution < 1.29 is 14.5 Å². The molecule has 1 rings (SSSR count). The van der Waals surface area contributed by atoms with E-state index in [0.29, 0.717) is 24.5 Å². The molecule has 0 aromatic heterocycles. The number of ether oxygens (including phenoxy) is 1. The van der Waals surface area contributed by atoms with E-state index in [-0.39, 0.29) is 18.1 Å². The average Bonchev–Trinajstić information content (AvgIpc) is 2.38. The summed E-state index contributed by atoms with van der Waals surface area (Å²) in [7, 11) is 1.68.